The molecule has 1 atom stereocenters. The average molecular weight is 210 g/mol. The van der Waals surface area contributed by atoms with Gasteiger partial charge in [0.2, 0.25) is 0 Å². The molecule has 1 aliphatic rings. The minimum Gasteiger partial charge on any atom is -0.465 e. The molecule has 2 rings (SSSR count). The molecule has 0 amide bonds. The van der Waals surface area contributed by atoms with Gasteiger partial charge in [0.25, 0.3) is 0 Å². The molecule has 1 aliphatic heterocycles. The van der Waals surface area contributed by atoms with Crippen LogP contribution in [0.5, 0.6) is 0 Å². The maximum Gasteiger partial charge on any atom is 0.124 e. The number of furan rings is 1. The molecule has 1 saturated heterocycles. The van der Waals surface area contributed by atoms with Gasteiger partial charge in [-0.25, -0.2) is 0 Å². The van der Waals surface area contributed by atoms with Crippen LogP contribution in [0.15, 0.2) is 16.5 Å². The lowest BCUT2D eigenvalue weighted by atomic mass is 10.2. The Hall–Kier alpha value is -0.840. The van der Waals surface area contributed by atoms with Gasteiger partial charge in [-0.3, -0.25) is 4.84 Å². The summed E-state index contributed by atoms with van der Waals surface area (Å²) in [6.45, 7) is 4.18. The van der Waals surface area contributed by atoms with Crippen LogP contribution < -0.4 is 5.73 Å². The number of nitrogens with two attached hydrogens (primary N) is 1. The van der Waals surface area contributed by atoms with Crippen molar-refractivity contribution in [2.75, 3.05) is 19.7 Å². The number of rotatable bonds is 3. The van der Waals surface area contributed by atoms with Crippen LogP contribution in [-0.2, 0) is 4.84 Å². The molecule has 0 aliphatic carbocycles. The molecule has 0 bridgehead atoms. The van der Waals surface area contributed by atoms with Gasteiger partial charge in [-0.2, -0.15) is 5.06 Å². The molecular formula is C11H18N2O2. The largest absolute Gasteiger partial charge is 0.465 e. The molecule has 0 radical (unpaired) electrons. The van der Waals surface area contributed by atoms with Crippen LogP contribution in [-0.4, -0.2) is 24.8 Å². The molecule has 1 fully saturated rings. The van der Waals surface area contributed by atoms with E-state index in [1.165, 1.54) is 0 Å². The van der Waals surface area contributed by atoms with E-state index in [9.17, 15) is 0 Å². The lowest BCUT2D eigenvalue weighted by molar-refractivity contribution is -0.209. The zero-order valence-electron chi connectivity index (χ0n) is 9.11. The molecule has 0 spiro atoms. The van der Waals surface area contributed by atoms with Crippen LogP contribution in [0.2, 0.25) is 0 Å². The minimum atomic E-state index is 0.0546. The van der Waals surface area contributed by atoms with Crippen molar-refractivity contribution >= 4 is 0 Å². The quantitative estimate of drug-likeness (QED) is 0.823. The lowest BCUT2D eigenvalue weighted by Gasteiger charge is -2.31. The summed E-state index contributed by atoms with van der Waals surface area (Å²) in [4.78, 5) is 5.59. The summed E-state index contributed by atoms with van der Waals surface area (Å²) in [5.74, 6) is 1.82. The van der Waals surface area contributed by atoms with Gasteiger partial charge < -0.3 is 10.2 Å². The highest BCUT2D eigenvalue weighted by molar-refractivity contribution is 5.09. The van der Waals surface area contributed by atoms with E-state index in [4.69, 9.17) is 15.0 Å². The van der Waals surface area contributed by atoms with Crippen LogP contribution in [0.3, 0.4) is 0 Å². The maximum absolute atomic E-state index is 5.76. The van der Waals surface area contributed by atoms with Gasteiger partial charge in [0.05, 0.1) is 6.61 Å². The Morgan fingerprint density at radius 1 is 1.47 bits per heavy atom. The van der Waals surface area contributed by atoms with Crippen molar-refractivity contribution in [2.24, 2.45) is 5.73 Å². The standard InChI is InChI=1S/C11H18N2O2/c1-9-4-5-11(15-9)10(8-12)13-6-2-3-7-14-13/h4-5,10H,2-3,6-8,12H2,1H3. The van der Waals surface area contributed by atoms with Gasteiger partial charge in [-0.05, 0) is 31.9 Å². The second-order valence-electron chi connectivity index (χ2n) is 3.88. The van der Waals surface area contributed by atoms with Crippen molar-refractivity contribution in [1.82, 2.24) is 5.06 Å². The van der Waals surface area contributed by atoms with Gasteiger partial charge in [-0.1, -0.05) is 0 Å². The molecule has 2 N–H and O–H groups in total. The summed E-state index contributed by atoms with van der Waals surface area (Å²) < 4.78 is 5.59. The number of aryl methyl sites for hydroxylation is 1. The Bertz CT molecular complexity index is 305. The van der Waals surface area contributed by atoms with Crippen LogP contribution in [0.1, 0.15) is 30.4 Å². The fourth-order valence-electron chi connectivity index (χ4n) is 1.87. The van der Waals surface area contributed by atoms with Crippen LogP contribution in [0, 0.1) is 6.92 Å². The first-order valence-electron chi connectivity index (χ1n) is 5.47. The zero-order valence-corrected chi connectivity index (χ0v) is 9.11. The monoisotopic (exact) mass is 210 g/mol. The van der Waals surface area contributed by atoms with E-state index >= 15 is 0 Å². The SMILES string of the molecule is Cc1ccc(C(CN)N2CCCCO2)o1. The summed E-state index contributed by atoms with van der Waals surface area (Å²) in [7, 11) is 0. The average Bonchev–Trinajstić information content (AvgIpc) is 2.68. The Balaban J connectivity index is 2.08. The molecule has 4 nitrogen and oxygen atoms in total. The van der Waals surface area contributed by atoms with E-state index in [1.807, 2.05) is 24.1 Å². The topological polar surface area (TPSA) is 51.6 Å². The van der Waals surface area contributed by atoms with Crippen molar-refractivity contribution in [3.05, 3.63) is 23.7 Å². The molecule has 1 aromatic rings. The maximum atomic E-state index is 5.76. The molecule has 15 heavy (non-hydrogen) atoms. The minimum absolute atomic E-state index is 0.0546. The molecule has 1 aromatic heterocycles. The summed E-state index contributed by atoms with van der Waals surface area (Å²) in [5.41, 5.74) is 5.76. The van der Waals surface area contributed by atoms with Gasteiger partial charge >= 0.3 is 0 Å². The fraction of sp³-hybridized carbons (Fsp3) is 0.636. The van der Waals surface area contributed by atoms with E-state index < -0.39 is 0 Å². The van der Waals surface area contributed by atoms with Crippen LogP contribution in [0.4, 0.5) is 0 Å². The second-order valence-corrected chi connectivity index (χ2v) is 3.88. The molecule has 2 heterocycles. The zero-order chi connectivity index (χ0) is 10.7. The van der Waals surface area contributed by atoms with Crippen molar-refractivity contribution in [1.29, 1.82) is 0 Å². The number of nitrogens with zero attached hydrogens (tertiary/aromatic N) is 1. The van der Waals surface area contributed by atoms with Crippen molar-refractivity contribution in [3.63, 3.8) is 0 Å². The first kappa shape index (κ1) is 10.7. The Morgan fingerprint density at radius 2 is 2.33 bits per heavy atom. The highest BCUT2D eigenvalue weighted by Crippen LogP contribution is 2.24. The molecule has 0 saturated carbocycles. The van der Waals surface area contributed by atoms with E-state index in [0.717, 1.165) is 37.5 Å². The first-order chi connectivity index (χ1) is 7.31. The third kappa shape index (κ3) is 2.40. The fourth-order valence-corrected chi connectivity index (χ4v) is 1.87. The van der Waals surface area contributed by atoms with Crippen molar-refractivity contribution in [2.45, 2.75) is 25.8 Å². The molecule has 0 aromatic carbocycles. The van der Waals surface area contributed by atoms with E-state index in [-0.39, 0.29) is 6.04 Å². The number of hydrogen-bond acceptors (Lipinski definition) is 4. The molecule has 4 heteroatoms. The van der Waals surface area contributed by atoms with Gasteiger partial charge in [0.15, 0.2) is 0 Å². The van der Waals surface area contributed by atoms with Crippen LogP contribution in [0.25, 0.3) is 0 Å². The van der Waals surface area contributed by atoms with E-state index in [2.05, 4.69) is 0 Å². The number of hydroxylamine groups is 2. The Kier molecular flexibility index (Phi) is 3.41. The molecular weight excluding hydrogens is 192 g/mol. The van der Waals surface area contributed by atoms with E-state index in [1.54, 1.807) is 0 Å². The second kappa shape index (κ2) is 4.79. The summed E-state index contributed by atoms with van der Waals surface area (Å²) >= 11 is 0. The summed E-state index contributed by atoms with van der Waals surface area (Å²) in [6, 6.07) is 3.99. The normalized spacial score (nSPS) is 20.4. The van der Waals surface area contributed by atoms with Crippen LogP contribution >= 0.6 is 0 Å². The third-order valence-corrected chi connectivity index (χ3v) is 2.69. The predicted molar refractivity (Wildman–Crippen MR) is 57.1 cm³/mol. The number of hydrogen-bond donors (Lipinski definition) is 1. The van der Waals surface area contributed by atoms with Crippen molar-refractivity contribution in [3.8, 4) is 0 Å². The van der Waals surface area contributed by atoms with E-state index in [0.29, 0.717) is 6.54 Å². The summed E-state index contributed by atoms with van der Waals surface area (Å²) in [6.07, 6.45) is 2.29. The van der Waals surface area contributed by atoms with Gasteiger partial charge in [0, 0.05) is 13.1 Å². The lowest BCUT2D eigenvalue weighted by Crippen LogP contribution is -2.37. The highest BCUT2D eigenvalue weighted by atomic mass is 16.7. The molecule has 84 valence electrons. The van der Waals surface area contributed by atoms with Gasteiger partial charge in [-0.15, -0.1) is 0 Å². The Morgan fingerprint density at radius 3 is 2.87 bits per heavy atom. The molecule has 1 unspecified atom stereocenters. The third-order valence-electron chi connectivity index (χ3n) is 2.69. The van der Waals surface area contributed by atoms with Gasteiger partial charge in [0.1, 0.15) is 17.6 Å². The Labute approximate surface area is 89.9 Å². The predicted octanol–water partition coefficient (Wildman–Crippen LogP) is 1.62. The highest BCUT2D eigenvalue weighted by Gasteiger charge is 2.24. The van der Waals surface area contributed by atoms with Crippen molar-refractivity contribution < 1.29 is 9.25 Å². The smallest absolute Gasteiger partial charge is 0.124 e. The first-order valence-corrected chi connectivity index (χ1v) is 5.47. The summed E-state index contributed by atoms with van der Waals surface area (Å²) in [5, 5.41) is 1.95.